The summed E-state index contributed by atoms with van der Waals surface area (Å²) in [6, 6.07) is 6.66. The van der Waals surface area contributed by atoms with E-state index in [9.17, 15) is 0 Å². The summed E-state index contributed by atoms with van der Waals surface area (Å²) in [6.07, 6.45) is 2.85. The Bertz CT molecular complexity index is 423. The van der Waals surface area contributed by atoms with Crippen molar-refractivity contribution in [3.63, 3.8) is 0 Å². The molecule has 1 aromatic rings. The van der Waals surface area contributed by atoms with Crippen LogP contribution in [0.15, 0.2) is 22.7 Å². The minimum absolute atomic E-state index is 0.413. The average Bonchev–Trinajstić information content (AvgIpc) is 2.43. The van der Waals surface area contributed by atoms with Gasteiger partial charge in [0.2, 0.25) is 0 Å². The number of rotatable bonds is 6. The van der Waals surface area contributed by atoms with E-state index in [2.05, 4.69) is 51.3 Å². The van der Waals surface area contributed by atoms with Crippen molar-refractivity contribution in [1.82, 2.24) is 10.2 Å². The van der Waals surface area contributed by atoms with Gasteiger partial charge in [-0.2, -0.15) is 0 Å². The summed E-state index contributed by atoms with van der Waals surface area (Å²) in [5.74, 6) is 0. The van der Waals surface area contributed by atoms with Gasteiger partial charge in [0.25, 0.3) is 0 Å². The molecule has 4 heteroatoms. The highest BCUT2D eigenvalue weighted by molar-refractivity contribution is 9.10. The molecule has 0 amide bonds. The zero-order valence-electron chi connectivity index (χ0n) is 12.5. The Hall–Kier alpha value is -0.420. The molecule has 0 radical (unpaired) electrons. The maximum absolute atomic E-state index is 5.77. The zero-order chi connectivity index (χ0) is 14.4. The number of likely N-dealkylation sites (tertiary alicyclic amines) is 1. The van der Waals surface area contributed by atoms with Crippen LogP contribution in [0, 0.1) is 0 Å². The molecule has 0 bridgehead atoms. The lowest BCUT2D eigenvalue weighted by Gasteiger charge is -2.32. The van der Waals surface area contributed by atoms with Gasteiger partial charge in [0, 0.05) is 30.7 Å². The van der Waals surface area contributed by atoms with Gasteiger partial charge < -0.3 is 10.1 Å². The van der Waals surface area contributed by atoms with E-state index in [1.54, 1.807) is 0 Å². The third-order valence-corrected chi connectivity index (χ3v) is 4.50. The van der Waals surface area contributed by atoms with Gasteiger partial charge >= 0.3 is 0 Å². The summed E-state index contributed by atoms with van der Waals surface area (Å²) in [5, 5.41) is 3.18. The quantitative estimate of drug-likeness (QED) is 0.860. The standard InChI is InChI=1S/C16H25BrN2O/c1-3-20-15-5-4-8-19(12-15)11-14-7-6-13(10-18-2)9-16(14)17/h6-7,9,15,18H,3-5,8,10-12H2,1-2H3. The van der Waals surface area contributed by atoms with Crippen molar-refractivity contribution in [3.8, 4) is 0 Å². The number of halogens is 1. The Morgan fingerprint density at radius 2 is 2.30 bits per heavy atom. The number of ether oxygens (including phenoxy) is 1. The van der Waals surface area contributed by atoms with Crippen LogP contribution in [-0.2, 0) is 17.8 Å². The average molecular weight is 341 g/mol. The lowest BCUT2D eigenvalue weighted by Crippen LogP contribution is -2.39. The predicted molar refractivity (Wildman–Crippen MR) is 86.8 cm³/mol. The molecule has 1 aromatic carbocycles. The molecule has 1 N–H and O–H groups in total. The first-order valence-corrected chi connectivity index (χ1v) is 8.28. The Labute approximate surface area is 130 Å². The van der Waals surface area contributed by atoms with Gasteiger partial charge in [0.05, 0.1) is 6.10 Å². The summed E-state index contributed by atoms with van der Waals surface area (Å²) < 4.78 is 6.98. The molecule has 0 aliphatic carbocycles. The van der Waals surface area contributed by atoms with E-state index in [-0.39, 0.29) is 0 Å². The molecular weight excluding hydrogens is 316 g/mol. The summed E-state index contributed by atoms with van der Waals surface area (Å²) >= 11 is 3.70. The Morgan fingerprint density at radius 1 is 1.45 bits per heavy atom. The number of nitrogens with one attached hydrogen (secondary N) is 1. The van der Waals surface area contributed by atoms with Crippen molar-refractivity contribution in [2.75, 3.05) is 26.7 Å². The van der Waals surface area contributed by atoms with Crippen LogP contribution in [-0.4, -0.2) is 37.7 Å². The van der Waals surface area contributed by atoms with E-state index in [0.717, 1.165) is 26.2 Å². The normalized spacial score (nSPS) is 20.2. The number of hydrogen-bond donors (Lipinski definition) is 1. The van der Waals surface area contributed by atoms with Crippen LogP contribution in [0.4, 0.5) is 0 Å². The summed E-state index contributed by atoms with van der Waals surface area (Å²) in [6.45, 7) is 7.04. The maximum Gasteiger partial charge on any atom is 0.0702 e. The van der Waals surface area contributed by atoms with Gasteiger partial charge in [-0.25, -0.2) is 0 Å². The molecule has 3 nitrogen and oxygen atoms in total. The third-order valence-electron chi connectivity index (χ3n) is 3.76. The summed E-state index contributed by atoms with van der Waals surface area (Å²) in [7, 11) is 1.98. The third kappa shape index (κ3) is 4.55. The minimum atomic E-state index is 0.413. The molecule has 1 aliphatic rings. The summed E-state index contributed by atoms with van der Waals surface area (Å²) in [5.41, 5.74) is 2.68. The Balaban J connectivity index is 1.95. The lowest BCUT2D eigenvalue weighted by molar-refractivity contribution is 0.00358. The minimum Gasteiger partial charge on any atom is -0.377 e. The maximum atomic E-state index is 5.77. The van der Waals surface area contributed by atoms with Crippen LogP contribution in [0.25, 0.3) is 0 Å². The molecule has 1 unspecified atom stereocenters. The first-order valence-electron chi connectivity index (χ1n) is 7.48. The second-order valence-electron chi connectivity index (χ2n) is 5.41. The van der Waals surface area contributed by atoms with Crippen molar-refractivity contribution in [1.29, 1.82) is 0 Å². The fourth-order valence-corrected chi connectivity index (χ4v) is 3.35. The molecular formula is C16H25BrN2O. The molecule has 20 heavy (non-hydrogen) atoms. The highest BCUT2D eigenvalue weighted by Gasteiger charge is 2.20. The van der Waals surface area contributed by atoms with Crippen LogP contribution in [0.1, 0.15) is 30.9 Å². The molecule has 1 aliphatic heterocycles. The van der Waals surface area contributed by atoms with E-state index in [1.165, 1.54) is 35.0 Å². The number of benzene rings is 1. The molecule has 112 valence electrons. The smallest absolute Gasteiger partial charge is 0.0702 e. The van der Waals surface area contributed by atoms with Crippen molar-refractivity contribution in [2.24, 2.45) is 0 Å². The number of piperidine rings is 1. The molecule has 1 atom stereocenters. The molecule has 0 saturated carbocycles. The van der Waals surface area contributed by atoms with E-state index in [0.29, 0.717) is 6.10 Å². The van der Waals surface area contributed by atoms with E-state index < -0.39 is 0 Å². The highest BCUT2D eigenvalue weighted by atomic mass is 79.9. The van der Waals surface area contributed by atoms with Gasteiger partial charge in [-0.1, -0.05) is 28.1 Å². The monoisotopic (exact) mass is 340 g/mol. The van der Waals surface area contributed by atoms with Crippen LogP contribution in [0.2, 0.25) is 0 Å². The zero-order valence-corrected chi connectivity index (χ0v) is 14.1. The molecule has 0 spiro atoms. The first kappa shape index (κ1) is 16.0. The van der Waals surface area contributed by atoms with E-state index in [4.69, 9.17) is 4.74 Å². The highest BCUT2D eigenvalue weighted by Crippen LogP contribution is 2.22. The van der Waals surface area contributed by atoms with Crippen LogP contribution in [0.5, 0.6) is 0 Å². The van der Waals surface area contributed by atoms with Crippen LogP contribution < -0.4 is 5.32 Å². The van der Waals surface area contributed by atoms with E-state index >= 15 is 0 Å². The van der Waals surface area contributed by atoms with Gasteiger partial charge in [-0.3, -0.25) is 4.90 Å². The molecule has 1 saturated heterocycles. The predicted octanol–water partition coefficient (Wildman–Crippen LogP) is 3.17. The second-order valence-corrected chi connectivity index (χ2v) is 6.27. The summed E-state index contributed by atoms with van der Waals surface area (Å²) in [4.78, 5) is 2.50. The first-order chi connectivity index (χ1) is 9.72. The molecule has 0 aromatic heterocycles. The number of nitrogens with zero attached hydrogens (tertiary/aromatic N) is 1. The van der Waals surface area contributed by atoms with E-state index in [1.807, 2.05) is 7.05 Å². The van der Waals surface area contributed by atoms with Crippen molar-refractivity contribution in [2.45, 2.75) is 39.0 Å². The topological polar surface area (TPSA) is 24.5 Å². The molecule has 1 fully saturated rings. The SMILES string of the molecule is CCOC1CCCN(Cc2ccc(CNC)cc2Br)C1. The van der Waals surface area contributed by atoms with Crippen LogP contribution >= 0.6 is 15.9 Å². The lowest BCUT2D eigenvalue weighted by atomic mass is 10.1. The van der Waals surface area contributed by atoms with Crippen molar-refractivity contribution >= 4 is 15.9 Å². The van der Waals surface area contributed by atoms with Gasteiger partial charge in [-0.05, 0) is 50.6 Å². The second kappa shape index (κ2) is 8.13. The Morgan fingerprint density at radius 3 is 3.00 bits per heavy atom. The largest absolute Gasteiger partial charge is 0.377 e. The van der Waals surface area contributed by atoms with Crippen molar-refractivity contribution in [3.05, 3.63) is 33.8 Å². The van der Waals surface area contributed by atoms with Gasteiger partial charge in [-0.15, -0.1) is 0 Å². The molecule has 2 rings (SSSR count). The fraction of sp³-hybridized carbons (Fsp3) is 0.625. The van der Waals surface area contributed by atoms with Gasteiger partial charge in [0.1, 0.15) is 0 Å². The number of hydrogen-bond acceptors (Lipinski definition) is 3. The fourth-order valence-electron chi connectivity index (χ4n) is 2.80. The Kier molecular flexibility index (Phi) is 6.49. The van der Waals surface area contributed by atoms with Crippen molar-refractivity contribution < 1.29 is 4.74 Å². The molecule has 1 heterocycles. The van der Waals surface area contributed by atoms with Gasteiger partial charge in [0.15, 0.2) is 0 Å². The van der Waals surface area contributed by atoms with Crippen LogP contribution in [0.3, 0.4) is 0 Å².